The zero-order chi connectivity index (χ0) is 18.8. The average molecular weight is 450 g/mol. The molecule has 1 atom stereocenters. The predicted octanol–water partition coefficient (Wildman–Crippen LogP) is 6.91. The average Bonchev–Trinajstić information content (AvgIpc) is 2.44. The molecule has 0 heterocycles. The van der Waals surface area contributed by atoms with E-state index >= 15 is 0 Å². The quantitative estimate of drug-likeness (QED) is 0.538. The van der Waals surface area contributed by atoms with Crippen LogP contribution in [0.2, 0.25) is 10.0 Å². The van der Waals surface area contributed by atoms with E-state index < -0.39 is 17.8 Å². The fourth-order valence-electron chi connectivity index (χ4n) is 2.34. The van der Waals surface area contributed by atoms with Crippen molar-refractivity contribution in [3.05, 3.63) is 73.7 Å². The van der Waals surface area contributed by atoms with Crippen LogP contribution in [0.15, 0.2) is 46.9 Å². The molecule has 0 saturated carbocycles. The Bertz CT molecular complexity index is 812. The third-order valence-corrected chi connectivity index (χ3v) is 4.59. The number of hydrogen-bond acceptors (Lipinski definition) is 1. The second-order valence-corrected chi connectivity index (χ2v) is 7.27. The van der Waals surface area contributed by atoms with Gasteiger partial charge in [0.25, 0.3) is 5.92 Å². The highest BCUT2D eigenvalue weighted by molar-refractivity contribution is 9.10. The molecular formula is C18H13BrCl2F2O2. The lowest BCUT2D eigenvalue weighted by atomic mass is 9.92. The molecular weight excluding hydrogens is 437 g/mol. The Labute approximate surface area is 162 Å². The Hall–Kier alpha value is -1.43. The molecule has 2 nitrogen and oxygen atoms in total. The van der Waals surface area contributed by atoms with E-state index in [1.54, 1.807) is 12.1 Å². The Kier molecular flexibility index (Phi) is 6.25. The van der Waals surface area contributed by atoms with Crippen molar-refractivity contribution in [3.8, 4) is 0 Å². The van der Waals surface area contributed by atoms with Gasteiger partial charge in [-0.1, -0.05) is 41.4 Å². The van der Waals surface area contributed by atoms with Crippen LogP contribution >= 0.6 is 39.1 Å². The highest BCUT2D eigenvalue weighted by Gasteiger charge is 2.33. The Morgan fingerprint density at radius 3 is 2.28 bits per heavy atom. The van der Waals surface area contributed by atoms with E-state index in [-0.39, 0.29) is 15.6 Å². The monoisotopic (exact) mass is 448 g/mol. The van der Waals surface area contributed by atoms with Gasteiger partial charge < -0.3 is 5.11 Å². The summed E-state index contributed by atoms with van der Waals surface area (Å²) in [6.45, 7) is 0.820. The van der Waals surface area contributed by atoms with Crippen LogP contribution in [0.1, 0.15) is 34.3 Å². The Morgan fingerprint density at radius 1 is 1.20 bits per heavy atom. The van der Waals surface area contributed by atoms with Gasteiger partial charge in [0, 0.05) is 21.4 Å². The molecule has 2 aromatic rings. The summed E-state index contributed by atoms with van der Waals surface area (Å²) in [5.74, 6) is -5.35. The molecule has 2 aromatic carbocycles. The van der Waals surface area contributed by atoms with Gasteiger partial charge in [0.15, 0.2) is 0 Å². The molecule has 0 aromatic heterocycles. The number of halogens is 5. The van der Waals surface area contributed by atoms with Crippen LogP contribution < -0.4 is 0 Å². The molecule has 0 aliphatic heterocycles. The molecule has 25 heavy (non-hydrogen) atoms. The van der Waals surface area contributed by atoms with Crippen LogP contribution in [-0.2, 0) is 0 Å². The number of rotatable bonds is 5. The molecule has 0 aliphatic carbocycles. The van der Waals surface area contributed by atoms with Crippen LogP contribution in [-0.4, -0.2) is 17.0 Å². The van der Waals surface area contributed by atoms with Crippen LogP contribution in [0.3, 0.4) is 0 Å². The molecule has 1 unspecified atom stereocenters. The maximum Gasteiger partial charge on any atom is 0.336 e. The third-order valence-electron chi connectivity index (χ3n) is 3.49. The van der Waals surface area contributed by atoms with Gasteiger partial charge in [-0.05, 0) is 57.4 Å². The third kappa shape index (κ3) is 5.27. The number of carbonyl (C=O) groups is 1. The van der Waals surface area contributed by atoms with Crippen molar-refractivity contribution in [3.63, 3.8) is 0 Å². The summed E-state index contributed by atoms with van der Waals surface area (Å²) in [6, 6.07) is 8.87. The molecule has 1 N–H and O–H groups in total. The normalized spacial score (nSPS) is 13.2. The zero-order valence-electron chi connectivity index (χ0n) is 12.9. The number of carboxylic acid groups (broad SMARTS) is 1. The lowest BCUT2D eigenvalue weighted by Crippen LogP contribution is -2.20. The molecule has 0 spiro atoms. The SMILES string of the molecule is CC(F)(F)C(C=Cc1ccc(C(=O)O)c(Br)c1)c1cc(Cl)cc(Cl)c1. The van der Waals surface area contributed by atoms with E-state index in [0.29, 0.717) is 15.6 Å². The fraction of sp³-hybridized carbons (Fsp3) is 0.167. The second-order valence-electron chi connectivity index (χ2n) is 5.54. The first-order chi connectivity index (χ1) is 11.6. The largest absolute Gasteiger partial charge is 0.478 e. The second kappa shape index (κ2) is 7.85. The minimum atomic E-state index is -3.04. The van der Waals surface area contributed by atoms with E-state index in [2.05, 4.69) is 15.9 Å². The van der Waals surface area contributed by atoms with E-state index in [9.17, 15) is 13.6 Å². The molecule has 132 valence electrons. The maximum atomic E-state index is 14.1. The number of alkyl halides is 2. The topological polar surface area (TPSA) is 37.3 Å². The van der Waals surface area contributed by atoms with E-state index in [1.807, 2.05) is 0 Å². The summed E-state index contributed by atoms with van der Waals surface area (Å²) < 4.78 is 28.5. The van der Waals surface area contributed by atoms with Crippen molar-refractivity contribution in [2.75, 3.05) is 0 Å². The Morgan fingerprint density at radius 2 is 1.80 bits per heavy atom. The molecule has 0 bridgehead atoms. The van der Waals surface area contributed by atoms with Gasteiger partial charge in [0.05, 0.1) is 11.5 Å². The van der Waals surface area contributed by atoms with Gasteiger partial charge in [0.1, 0.15) is 0 Å². The lowest BCUT2D eigenvalue weighted by Gasteiger charge is -2.21. The summed E-state index contributed by atoms with van der Waals surface area (Å²) in [6.07, 6.45) is 2.86. The first kappa shape index (κ1) is 19.9. The van der Waals surface area contributed by atoms with Crippen molar-refractivity contribution in [2.45, 2.75) is 18.8 Å². The van der Waals surface area contributed by atoms with Gasteiger partial charge in [-0.2, -0.15) is 0 Å². The minimum absolute atomic E-state index is 0.0937. The smallest absolute Gasteiger partial charge is 0.336 e. The van der Waals surface area contributed by atoms with Crippen LogP contribution in [0, 0.1) is 0 Å². The molecule has 0 aliphatic rings. The van der Waals surface area contributed by atoms with Crippen molar-refractivity contribution in [2.24, 2.45) is 0 Å². The summed E-state index contributed by atoms with van der Waals surface area (Å²) in [4.78, 5) is 11.0. The highest BCUT2D eigenvalue weighted by atomic mass is 79.9. The number of carboxylic acids is 1. The highest BCUT2D eigenvalue weighted by Crippen LogP contribution is 2.37. The summed E-state index contributed by atoms with van der Waals surface area (Å²) in [5.41, 5.74) is 0.970. The molecule has 0 saturated heterocycles. The summed E-state index contributed by atoms with van der Waals surface area (Å²) in [7, 11) is 0. The summed E-state index contributed by atoms with van der Waals surface area (Å²) in [5, 5.41) is 9.56. The lowest BCUT2D eigenvalue weighted by molar-refractivity contribution is 0.00698. The predicted molar refractivity (Wildman–Crippen MR) is 100.0 cm³/mol. The molecule has 0 amide bonds. The van der Waals surface area contributed by atoms with Crippen molar-refractivity contribution < 1.29 is 18.7 Å². The van der Waals surface area contributed by atoms with Gasteiger partial charge in [-0.15, -0.1) is 0 Å². The van der Waals surface area contributed by atoms with E-state index in [1.165, 1.54) is 36.4 Å². The Balaban J connectivity index is 2.39. The van der Waals surface area contributed by atoms with Gasteiger partial charge in [0.2, 0.25) is 0 Å². The van der Waals surface area contributed by atoms with Crippen LogP contribution in [0.4, 0.5) is 8.78 Å². The fourth-order valence-corrected chi connectivity index (χ4v) is 3.45. The van der Waals surface area contributed by atoms with Gasteiger partial charge >= 0.3 is 5.97 Å². The first-order valence-electron chi connectivity index (χ1n) is 7.13. The first-order valence-corrected chi connectivity index (χ1v) is 8.67. The molecule has 2 rings (SSSR count). The van der Waals surface area contributed by atoms with Crippen molar-refractivity contribution in [1.82, 2.24) is 0 Å². The number of aromatic carboxylic acids is 1. The van der Waals surface area contributed by atoms with Crippen LogP contribution in [0.25, 0.3) is 6.08 Å². The standard InChI is InChI=1S/C18H13BrCl2F2O2/c1-18(22,23)15(11-7-12(20)9-13(21)8-11)5-3-10-2-4-14(17(24)25)16(19)6-10/h2-9,15H,1H3,(H,24,25). The van der Waals surface area contributed by atoms with E-state index in [0.717, 1.165) is 6.92 Å². The number of benzene rings is 2. The summed E-state index contributed by atoms with van der Waals surface area (Å²) >= 11 is 15.0. The van der Waals surface area contributed by atoms with Gasteiger partial charge in [-0.25, -0.2) is 13.6 Å². The van der Waals surface area contributed by atoms with Crippen LogP contribution in [0.5, 0.6) is 0 Å². The van der Waals surface area contributed by atoms with Crippen molar-refractivity contribution >= 4 is 51.2 Å². The molecule has 0 fully saturated rings. The van der Waals surface area contributed by atoms with E-state index in [4.69, 9.17) is 28.3 Å². The molecule has 0 radical (unpaired) electrons. The zero-order valence-corrected chi connectivity index (χ0v) is 16.0. The number of allylic oxidation sites excluding steroid dienone is 1. The maximum absolute atomic E-state index is 14.1. The minimum Gasteiger partial charge on any atom is -0.478 e. The van der Waals surface area contributed by atoms with Crippen molar-refractivity contribution in [1.29, 1.82) is 0 Å². The molecule has 7 heteroatoms. The van der Waals surface area contributed by atoms with Gasteiger partial charge in [-0.3, -0.25) is 0 Å². The number of hydrogen-bond donors (Lipinski definition) is 1.